The number of carbonyl (C=O) groups excluding carboxylic acids is 2. The van der Waals surface area contributed by atoms with Gasteiger partial charge in [-0.1, -0.05) is 0 Å². The molecule has 0 unspecified atom stereocenters. The van der Waals surface area contributed by atoms with Crippen LogP contribution < -0.4 is 0 Å². The number of ether oxygens (including phenoxy) is 1. The predicted molar refractivity (Wildman–Crippen MR) is 50.8 cm³/mol. The number of esters is 1. The van der Waals surface area contributed by atoms with Crippen molar-refractivity contribution >= 4 is 23.4 Å². The van der Waals surface area contributed by atoms with E-state index < -0.39 is 11.8 Å². The van der Waals surface area contributed by atoms with Crippen molar-refractivity contribution in [1.29, 1.82) is 0 Å². The molecule has 0 fully saturated rings. The molecule has 0 aliphatic rings. The molecule has 0 radical (unpaired) electrons. The number of rotatable bonds is 6. The Morgan fingerprint density at radius 3 is 2.64 bits per heavy atom. The molecule has 0 aromatic rings. The van der Waals surface area contributed by atoms with Crippen LogP contribution in [-0.4, -0.2) is 24.2 Å². The summed E-state index contributed by atoms with van der Waals surface area (Å²) in [5.74, 6) is -2.23. The van der Waals surface area contributed by atoms with Crippen molar-refractivity contribution in [2.45, 2.75) is 19.8 Å². The lowest BCUT2D eigenvalue weighted by Gasteiger charge is -1.97. The standard InChI is InChI=1S/C9H12ClFO3/c1-2-14-9(13)8(11)5-3-4-7(12)6-10/h5H,2-4,6H2,1H3/b8-5-. The first-order chi connectivity index (χ1) is 6.61. The van der Waals surface area contributed by atoms with Crippen LogP contribution >= 0.6 is 11.6 Å². The van der Waals surface area contributed by atoms with Crippen molar-refractivity contribution in [2.75, 3.05) is 12.5 Å². The van der Waals surface area contributed by atoms with Crippen molar-refractivity contribution in [3.05, 3.63) is 11.9 Å². The molecule has 0 N–H and O–H groups in total. The number of ketones is 1. The normalized spacial score (nSPS) is 11.2. The molecule has 0 atom stereocenters. The van der Waals surface area contributed by atoms with Crippen molar-refractivity contribution in [3.63, 3.8) is 0 Å². The Bertz CT molecular complexity index is 238. The summed E-state index contributed by atoms with van der Waals surface area (Å²) in [5.41, 5.74) is 0. The van der Waals surface area contributed by atoms with Gasteiger partial charge in [0.15, 0.2) is 0 Å². The smallest absolute Gasteiger partial charge is 0.366 e. The quantitative estimate of drug-likeness (QED) is 0.392. The van der Waals surface area contributed by atoms with Gasteiger partial charge in [-0.2, -0.15) is 4.39 Å². The molecule has 0 rings (SSSR count). The van der Waals surface area contributed by atoms with Crippen molar-refractivity contribution in [3.8, 4) is 0 Å². The summed E-state index contributed by atoms with van der Waals surface area (Å²) in [4.78, 5) is 21.4. The maximum atomic E-state index is 12.8. The van der Waals surface area contributed by atoms with Crippen LogP contribution in [0.15, 0.2) is 11.9 Å². The first-order valence-corrected chi connectivity index (χ1v) is 4.75. The zero-order chi connectivity index (χ0) is 11.0. The molecule has 3 nitrogen and oxygen atoms in total. The van der Waals surface area contributed by atoms with Gasteiger partial charge in [0.05, 0.1) is 12.5 Å². The third-order valence-electron chi connectivity index (χ3n) is 1.37. The van der Waals surface area contributed by atoms with Gasteiger partial charge in [0, 0.05) is 6.42 Å². The van der Waals surface area contributed by atoms with E-state index in [2.05, 4.69) is 4.74 Å². The fourth-order valence-corrected chi connectivity index (χ4v) is 0.844. The van der Waals surface area contributed by atoms with Gasteiger partial charge in [-0.3, -0.25) is 4.79 Å². The Hall–Kier alpha value is -0.900. The van der Waals surface area contributed by atoms with E-state index in [1.807, 2.05) is 0 Å². The molecule has 0 saturated carbocycles. The number of alkyl halides is 1. The second kappa shape index (κ2) is 7.50. The molecule has 0 saturated heterocycles. The van der Waals surface area contributed by atoms with Crippen LogP contribution in [0.1, 0.15) is 19.8 Å². The van der Waals surface area contributed by atoms with Gasteiger partial charge in [0.25, 0.3) is 0 Å². The molecule has 14 heavy (non-hydrogen) atoms. The van der Waals surface area contributed by atoms with E-state index in [9.17, 15) is 14.0 Å². The molecule has 0 aromatic carbocycles. The summed E-state index contributed by atoms with van der Waals surface area (Å²) in [6.45, 7) is 1.71. The highest BCUT2D eigenvalue weighted by atomic mass is 35.5. The fraction of sp³-hybridized carbons (Fsp3) is 0.556. The van der Waals surface area contributed by atoms with Gasteiger partial charge in [0.2, 0.25) is 5.83 Å². The monoisotopic (exact) mass is 222 g/mol. The number of allylic oxidation sites excluding steroid dienone is 1. The second-order valence-corrected chi connectivity index (χ2v) is 2.75. The van der Waals surface area contributed by atoms with Gasteiger partial charge >= 0.3 is 5.97 Å². The summed E-state index contributed by atoms with van der Waals surface area (Å²) in [6.07, 6.45) is 1.33. The first-order valence-electron chi connectivity index (χ1n) is 4.22. The minimum atomic E-state index is -0.995. The van der Waals surface area contributed by atoms with E-state index in [4.69, 9.17) is 11.6 Å². The van der Waals surface area contributed by atoms with Crippen LogP contribution in [0.25, 0.3) is 0 Å². The summed E-state index contributed by atoms with van der Waals surface area (Å²) in [7, 11) is 0. The predicted octanol–water partition coefficient (Wildman–Crippen LogP) is 1.99. The second-order valence-electron chi connectivity index (χ2n) is 2.48. The Morgan fingerprint density at radius 2 is 2.14 bits per heavy atom. The highest BCUT2D eigenvalue weighted by Crippen LogP contribution is 2.04. The lowest BCUT2D eigenvalue weighted by Crippen LogP contribution is -2.04. The van der Waals surface area contributed by atoms with Crippen molar-refractivity contribution in [1.82, 2.24) is 0 Å². The van der Waals surface area contributed by atoms with E-state index in [1.54, 1.807) is 6.92 Å². The van der Waals surface area contributed by atoms with E-state index in [-0.39, 0.29) is 31.1 Å². The number of halogens is 2. The lowest BCUT2D eigenvalue weighted by molar-refractivity contribution is -0.140. The van der Waals surface area contributed by atoms with Crippen LogP contribution in [0.4, 0.5) is 4.39 Å². The summed E-state index contributed by atoms with van der Waals surface area (Å²) in [6, 6.07) is 0. The Kier molecular flexibility index (Phi) is 7.02. The molecular formula is C9H12ClFO3. The minimum Gasteiger partial charge on any atom is -0.461 e. The minimum absolute atomic E-state index is 0.0884. The molecule has 80 valence electrons. The topological polar surface area (TPSA) is 43.4 Å². The molecule has 0 aromatic heterocycles. The lowest BCUT2D eigenvalue weighted by atomic mass is 10.2. The first kappa shape index (κ1) is 13.1. The van der Waals surface area contributed by atoms with Gasteiger partial charge in [0.1, 0.15) is 5.78 Å². The molecule has 0 aliphatic carbocycles. The SMILES string of the molecule is CCOC(=O)/C(F)=C/CCC(=O)CCl. The number of hydrogen-bond donors (Lipinski definition) is 0. The zero-order valence-electron chi connectivity index (χ0n) is 7.89. The van der Waals surface area contributed by atoms with Gasteiger partial charge in [-0.15, -0.1) is 11.6 Å². The largest absolute Gasteiger partial charge is 0.461 e. The average Bonchev–Trinajstić information content (AvgIpc) is 2.17. The Balaban J connectivity index is 3.87. The van der Waals surface area contributed by atoms with Crippen LogP contribution in [0.2, 0.25) is 0 Å². The molecule has 5 heteroatoms. The van der Waals surface area contributed by atoms with Crippen LogP contribution in [0.3, 0.4) is 0 Å². The summed E-state index contributed by atoms with van der Waals surface area (Å²) in [5, 5.41) is 0. The molecule has 0 spiro atoms. The number of hydrogen-bond acceptors (Lipinski definition) is 3. The van der Waals surface area contributed by atoms with E-state index in [1.165, 1.54) is 0 Å². The molecular weight excluding hydrogens is 211 g/mol. The maximum absolute atomic E-state index is 12.8. The van der Waals surface area contributed by atoms with Crippen molar-refractivity contribution < 1.29 is 18.7 Å². The van der Waals surface area contributed by atoms with Crippen molar-refractivity contribution in [2.24, 2.45) is 0 Å². The molecule has 0 aliphatic heterocycles. The van der Waals surface area contributed by atoms with Gasteiger partial charge < -0.3 is 4.74 Å². The number of Topliss-reactive ketones (excluding diaryl/α,β-unsaturated/α-hetero) is 1. The third kappa shape index (κ3) is 5.70. The highest BCUT2D eigenvalue weighted by molar-refractivity contribution is 6.27. The molecule has 0 heterocycles. The molecule has 0 amide bonds. The van der Waals surface area contributed by atoms with Crippen LogP contribution in [-0.2, 0) is 14.3 Å². The van der Waals surface area contributed by atoms with Crippen LogP contribution in [0.5, 0.6) is 0 Å². The highest BCUT2D eigenvalue weighted by Gasteiger charge is 2.08. The fourth-order valence-electron chi connectivity index (χ4n) is 0.710. The maximum Gasteiger partial charge on any atom is 0.366 e. The summed E-state index contributed by atoms with van der Waals surface area (Å²) >= 11 is 5.22. The third-order valence-corrected chi connectivity index (χ3v) is 1.66. The Labute approximate surface area is 86.9 Å². The average molecular weight is 223 g/mol. The Morgan fingerprint density at radius 1 is 1.50 bits per heavy atom. The molecule has 0 bridgehead atoms. The van der Waals surface area contributed by atoms with E-state index in [0.29, 0.717) is 0 Å². The van der Waals surface area contributed by atoms with E-state index >= 15 is 0 Å². The van der Waals surface area contributed by atoms with Gasteiger partial charge in [-0.05, 0) is 19.4 Å². The summed E-state index contributed by atoms with van der Waals surface area (Å²) < 4.78 is 17.2. The zero-order valence-corrected chi connectivity index (χ0v) is 8.64. The van der Waals surface area contributed by atoms with E-state index in [0.717, 1.165) is 6.08 Å². The number of carbonyl (C=O) groups is 2. The van der Waals surface area contributed by atoms with Gasteiger partial charge in [-0.25, -0.2) is 4.79 Å². The van der Waals surface area contributed by atoms with Crippen LogP contribution in [0, 0.1) is 0 Å².